The Bertz CT molecular complexity index is 644. The third-order valence-corrected chi connectivity index (χ3v) is 3.05. The summed E-state index contributed by atoms with van der Waals surface area (Å²) in [7, 11) is 0. The highest BCUT2D eigenvalue weighted by Gasteiger charge is 2.13. The van der Waals surface area contributed by atoms with Crippen LogP contribution in [0.25, 0.3) is 10.8 Å². The van der Waals surface area contributed by atoms with Crippen molar-refractivity contribution < 1.29 is 9.90 Å². The molecule has 5 nitrogen and oxygen atoms in total. The van der Waals surface area contributed by atoms with Crippen LogP contribution in [-0.4, -0.2) is 28.6 Å². The molecule has 0 fully saturated rings. The topological polar surface area (TPSA) is 82.2 Å². The largest absolute Gasteiger partial charge is 0.394 e. The van der Waals surface area contributed by atoms with Gasteiger partial charge in [-0.15, -0.1) is 0 Å². The van der Waals surface area contributed by atoms with Crippen LogP contribution < -0.4 is 10.9 Å². The summed E-state index contributed by atoms with van der Waals surface area (Å²) in [5.41, 5.74) is -0.0871. The zero-order chi connectivity index (χ0) is 13.8. The van der Waals surface area contributed by atoms with Crippen molar-refractivity contribution in [2.45, 2.75) is 19.4 Å². The number of aromatic amines is 1. The van der Waals surface area contributed by atoms with E-state index in [1.165, 1.54) is 0 Å². The lowest BCUT2D eigenvalue weighted by Crippen LogP contribution is -2.37. The molecule has 0 saturated heterocycles. The van der Waals surface area contributed by atoms with Crippen LogP contribution >= 0.6 is 0 Å². The second-order valence-corrected chi connectivity index (χ2v) is 4.36. The number of aliphatic hydroxyl groups is 1. The highest BCUT2D eigenvalue weighted by molar-refractivity contribution is 5.96. The van der Waals surface area contributed by atoms with E-state index in [0.717, 1.165) is 0 Å². The van der Waals surface area contributed by atoms with E-state index in [4.69, 9.17) is 5.11 Å². The predicted molar refractivity (Wildman–Crippen MR) is 73.2 cm³/mol. The van der Waals surface area contributed by atoms with E-state index in [1.807, 2.05) is 13.0 Å². The fourth-order valence-electron chi connectivity index (χ4n) is 1.87. The second-order valence-electron chi connectivity index (χ2n) is 4.36. The molecule has 2 rings (SSSR count). The minimum Gasteiger partial charge on any atom is -0.394 e. The Kier molecular flexibility index (Phi) is 3.97. The maximum absolute atomic E-state index is 12.0. The molecule has 0 bridgehead atoms. The lowest BCUT2D eigenvalue weighted by Gasteiger charge is -2.13. The lowest BCUT2D eigenvalue weighted by atomic mass is 10.1. The zero-order valence-electron chi connectivity index (χ0n) is 10.6. The van der Waals surface area contributed by atoms with Crippen molar-refractivity contribution in [1.29, 1.82) is 0 Å². The van der Waals surface area contributed by atoms with Gasteiger partial charge in [0.05, 0.1) is 12.6 Å². The molecule has 2 aromatic rings. The van der Waals surface area contributed by atoms with Gasteiger partial charge in [-0.25, -0.2) is 0 Å². The molecule has 100 valence electrons. The lowest BCUT2D eigenvalue weighted by molar-refractivity contribution is 0.0910. The first-order valence-electron chi connectivity index (χ1n) is 6.19. The number of carbonyl (C=O) groups excluding carboxylic acids is 1. The van der Waals surface area contributed by atoms with Gasteiger partial charge in [-0.1, -0.05) is 25.1 Å². The zero-order valence-corrected chi connectivity index (χ0v) is 10.6. The van der Waals surface area contributed by atoms with E-state index in [-0.39, 0.29) is 29.8 Å². The summed E-state index contributed by atoms with van der Waals surface area (Å²) in [5.74, 6) is -0.385. The van der Waals surface area contributed by atoms with Gasteiger partial charge in [0.15, 0.2) is 0 Å². The first-order chi connectivity index (χ1) is 9.15. The molecule has 5 heteroatoms. The molecule has 1 aromatic heterocycles. The summed E-state index contributed by atoms with van der Waals surface area (Å²) in [6.45, 7) is 1.74. The molecule has 0 saturated carbocycles. The maximum atomic E-state index is 12.0. The van der Waals surface area contributed by atoms with Crippen LogP contribution in [0.15, 0.2) is 35.1 Å². The van der Waals surface area contributed by atoms with E-state index in [1.54, 1.807) is 24.3 Å². The predicted octanol–water partition coefficient (Wildman–Crippen LogP) is 1.03. The van der Waals surface area contributed by atoms with E-state index >= 15 is 0 Å². The molecule has 1 aromatic carbocycles. The molecule has 1 atom stereocenters. The van der Waals surface area contributed by atoms with Gasteiger partial charge in [0.2, 0.25) is 0 Å². The van der Waals surface area contributed by atoms with Crippen molar-refractivity contribution in [3.63, 3.8) is 0 Å². The minimum absolute atomic E-state index is 0.125. The number of aromatic nitrogens is 1. The number of amides is 1. The van der Waals surface area contributed by atoms with Gasteiger partial charge in [-0.05, 0) is 23.9 Å². The van der Waals surface area contributed by atoms with Crippen LogP contribution in [0.4, 0.5) is 0 Å². The van der Waals surface area contributed by atoms with Crippen molar-refractivity contribution in [3.05, 3.63) is 46.4 Å². The second kappa shape index (κ2) is 5.67. The molecule has 0 unspecified atom stereocenters. The number of aliphatic hydroxyl groups excluding tert-OH is 1. The molecular formula is C14H16N2O3. The van der Waals surface area contributed by atoms with E-state index in [0.29, 0.717) is 17.2 Å². The van der Waals surface area contributed by atoms with Crippen LogP contribution in [0.3, 0.4) is 0 Å². The summed E-state index contributed by atoms with van der Waals surface area (Å²) in [6, 6.07) is 8.41. The van der Waals surface area contributed by atoms with E-state index < -0.39 is 0 Å². The standard InChI is InChI=1S/C14H16N2O3/c1-2-10(8-17)15-14(19)12-7-9-5-3-4-6-11(9)13(18)16-12/h3-7,10,17H,2,8H2,1H3,(H,15,19)(H,16,18)/t10-/m1/s1. The fraction of sp³-hybridized carbons (Fsp3) is 0.286. The third kappa shape index (κ3) is 2.82. The molecule has 0 radical (unpaired) electrons. The summed E-state index contributed by atoms with van der Waals surface area (Å²) < 4.78 is 0. The van der Waals surface area contributed by atoms with Crippen LogP contribution in [0.5, 0.6) is 0 Å². The van der Waals surface area contributed by atoms with Gasteiger partial charge in [-0.3, -0.25) is 9.59 Å². The number of benzene rings is 1. The van der Waals surface area contributed by atoms with Gasteiger partial charge in [0.25, 0.3) is 11.5 Å². The molecule has 3 N–H and O–H groups in total. The molecule has 0 aliphatic carbocycles. The molecule has 19 heavy (non-hydrogen) atoms. The molecule has 0 aliphatic heterocycles. The minimum atomic E-state index is -0.385. The number of H-pyrrole nitrogens is 1. The maximum Gasteiger partial charge on any atom is 0.268 e. The number of hydrogen-bond donors (Lipinski definition) is 3. The van der Waals surface area contributed by atoms with Gasteiger partial charge in [0, 0.05) is 5.39 Å². The highest BCUT2D eigenvalue weighted by Crippen LogP contribution is 2.09. The quantitative estimate of drug-likeness (QED) is 0.768. The number of nitrogens with one attached hydrogen (secondary N) is 2. The van der Waals surface area contributed by atoms with Gasteiger partial charge in [0.1, 0.15) is 5.69 Å². The summed E-state index contributed by atoms with van der Waals surface area (Å²) in [4.78, 5) is 26.4. The Balaban J connectivity index is 2.35. The van der Waals surface area contributed by atoms with Crippen molar-refractivity contribution in [3.8, 4) is 0 Å². The number of carbonyl (C=O) groups is 1. The van der Waals surface area contributed by atoms with Crippen molar-refractivity contribution in [1.82, 2.24) is 10.3 Å². The Morgan fingerprint density at radius 1 is 1.42 bits per heavy atom. The molecule has 0 spiro atoms. The Morgan fingerprint density at radius 2 is 2.16 bits per heavy atom. The molecule has 1 heterocycles. The first-order valence-corrected chi connectivity index (χ1v) is 6.19. The average molecular weight is 260 g/mol. The monoisotopic (exact) mass is 260 g/mol. The van der Waals surface area contributed by atoms with Gasteiger partial charge >= 0.3 is 0 Å². The number of fused-ring (bicyclic) bond motifs is 1. The van der Waals surface area contributed by atoms with Crippen molar-refractivity contribution in [2.75, 3.05) is 6.61 Å². The Morgan fingerprint density at radius 3 is 2.84 bits per heavy atom. The summed E-state index contributed by atoms with van der Waals surface area (Å²) in [5, 5.41) is 13.0. The SMILES string of the molecule is CC[C@H](CO)NC(=O)c1cc2ccccc2c(=O)[nH]1. The smallest absolute Gasteiger partial charge is 0.268 e. The molecule has 1 amide bonds. The fourth-order valence-corrected chi connectivity index (χ4v) is 1.87. The van der Waals surface area contributed by atoms with Crippen LogP contribution in [0, 0.1) is 0 Å². The average Bonchev–Trinajstić information content (AvgIpc) is 2.44. The number of pyridine rings is 1. The van der Waals surface area contributed by atoms with Crippen LogP contribution in [0.1, 0.15) is 23.8 Å². The third-order valence-electron chi connectivity index (χ3n) is 3.05. The van der Waals surface area contributed by atoms with Crippen LogP contribution in [-0.2, 0) is 0 Å². The summed E-state index contributed by atoms with van der Waals surface area (Å²) in [6.07, 6.45) is 0.625. The van der Waals surface area contributed by atoms with Gasteiger partial charge in [-0.2, -0.15) is 0 Å². The van der Waals surface area contributed by atoms with E-state index in [2.05, 4.69) is 10.3 Å². The Hall–Kier alpha value is -2.14. The van der Waals surface area contributed by atoms with Crippen LogP contribution in [0.2, 0.25) is 0 Å². The van der Waals surface area contributed by atoms with E-state index in [9.17, 15) is 9.59 Å². The van der Waals surface area contributed by atoms with Gasteiger partial charge < -0.3 is 15.4 Å². The van der Waals surface area contributed by atoms with Crippen molar-refractivity contribution >= 4 is 16.7 Å². The van der Waals surface area contributed by atoms with Crippen molar-refractivity contribution in [2.24, 2.45) is 0 Å². The first kappa shape index (κ1) is 13.3. The highest BCUT2D eigenvalue weighted by atomic mass is 16.3. The molecular weight excluding hydrogens is 244 g/mol. The normalized spacial score (nSPS) is 12.3. The Labute approximate surface area is 110 Å². The number of rotatable bonds is 4. The molecule has 0 aliphatic rings. The number of hydrogen-bond acceptors (Lipinski definition) is 3. The summed E-state index contributed by atoms with van der Waals surface area (Å²) >= 11 is 0.